The molecule has 2 aromatic rings. The van der Waals surface area contributed by atoms with E-state index < -0.39 is 0 Å². The Morgan fingerprint density at radius 2 is 1.75 bits per heavy atom. The summed E-state index contributed by atoms with van der Waals surface area (Å²) in [6.07, 6.45) is 4.32. The van der Waals surface area contributed by atoms with E-state index in [1.54, 1.807) is 0 Å². The van der Waals surface area contributed by atoms with Gasteiger partial charge in [-0.2, -0.15) is 0 Å². The van der Waals surface area contributed by atoms with E-state index in [1.807, 2.05) is 26.0 Å². The maximum atomic E-state index is 6.28. The minimum Gasteiger partial charge on any atom is -0.365 e. The van der Waals surface area contributed by atoms with Crippen molar-refractivity contribution in [2.24, 2.45) is 0 Å². The average molecular weight is 420 g/mol. The maximum Gasteiger partial charge on any atom is 0.0963 e. The summed E-state index contributed by atoms with van der Waals surface area (Å²) in [5, 5.41) is 1.27. The highest BCUT2D eigenvalue weighted by Gasteiger charge is 2.42. The van der Waals surface area contributed by atoms with Gasteiger partial charge in [0.25, 0.3) is 0 Å². The summed E-state index contributed by atoms with van der Waals surface area (Å²) >= 11 is 12.1. The molecule has 1 unspecified atom stereocenters. The molecule has 2 aromatic carbocycles. The number of hydrogen-bond donors (Lipinski definition) is 0. The number of ether oxygens (including phenoxy) is 1. The molecule has 2 aliphatic rings. The highest BCUT2D eigenvalue weighted by atomic mass is 35.5. The molecule has 0 radical (unpaired) electrons. The monoisotopic (exact) mass is 419 g/mol. The first kappa shape index (κ1) is 21.6. The zero-order chi connectivity index (χ0) is 20.1. The van der Waals surface area contributed by atoms with E-state index in [0.717, 1.165) is 45.4 Å². The van der Waals surface area contributed by atoms with Crippen LogP contribution < -0.4 is 0 Å². The Morgan fingerprint density at radius 3 is 2.46 bits per heavy atom. The van der Waals surface area contributed by atoms with Crippen LogP contribution in [0.2, 0.25) is 10.0 Å². The summed E-state index contributed by atoms with van der Waals surface area (Å²) < 4.78 is 6.28. The molecule has 0 saturated carbocycles. The first-order valence-corrected chi connectivity index (χ1v) is 11.2. The van der Waals surface area contributed by atoms with E-state index >= 15 is 0 Å². The summed E-state index contributed by atoms with van der Waals surface area (Å²) in [7, 11) is 0. The van der Waals surface area contributed by atoms with Crippen molar-refractivity contribution in [3.05, 3.63) is 69.2 Å². The van der Waals surface area contributed by atoms with Crippen LogP contribution in [0.5, 0.6) is 0 Å². The zero-order valence-corrected chi connectivity index (χ0v) is 18.7. The molecule has 2 heterocycles. The topological polar surface area (TPSA) is 12.5 Å². The van der Waals surface area contributed by atoms with Gasteiger partial charge in [0.1, 0.15) is 0 Å². The number of fused-ring (bicyclic) bond motifs is 2. The van der Waals surface area contributed by atoms with Crippen LogP contribution in [0.25, 0.3) is 0 Å². The van der Waals surface area contributed by atoms with Gasteiger partial charge in [0.2, 0.25) is 0 Å². The Hall–Kier alpha value is -1.06. The predicted molar refractivity (Wildman–Crippen MR) is 119 cm³/mol. The average Bonchev–Trinajstić information content (AvgIpc) is 3.09. The van der Waals surface area contributed by atoms with E-state index in [-0.39, 0.29) is 5.60 Å². The van der Waals surface area contributed by atoms with E-state index in [9.17, 15) is 0 Å². The van der Waals surface area contributed by atoms with Crippen LogP contribution in [-0.2, 0) is 23.4 Å². The third-order valence-electron chi connectivity index (χ3n) is 6.08. The summed E-state index contributed by atoms with van der Waals surface area (Å²) in [5.74, 6) is 0. The van der Waals surface area contributed by atoms with Crippen molar-refractivity contribution >= 4 is 23.2 Å². The van der Waals surface area contributed by atoms with Crippen LogP contribution in [0.15, 0.2) is 42.5 Å². The number of halogens is 2. The Morgan fingerprint density at radius 1 is 1.04 bits per heavy atom. The lowest BCUT2D eigenvalue weighted by molar-refractivity contribution is -0.0837. The molecular weight excluding hydrogens is 389 g/mol. The summed E-state index contributed by atoms with van der Waals surface area (Å²) in [5.41, 5.74) is 4.00. The van der Waals surface area contributed by atoms with Crippen molar-refractivity contribution in [1.82, 2.24) is 4.90 Å². The maximum absolute atomic E-state index is 6.28. The lowest BCUT2D eigenvalue weighted by Gasteiger charge is -2.41. The van der Waals surface area contributed by atoms with Crippen molar-refractivity contribution in [2.45, 2.75) is 64.7 Å². The van der Waals surface area contributed by atoms with Gasteiger partial charge in [-0.15, -0.1) is 0 Å². The van der Waals surface area contributed by atoms with Gasteiger partial charge in [0.05, 0.1) is 22.3 Å². The van der Waals surface area contributed by atoms with Crippen LogP contribution in [0.4, 0.5) is 0 Å². The molecule has 0 amide bonds. The van der Waals surface area contributed by atoms with Gasteiger partial charge in [-0.05, 0) is 61.4 Å². The van der Waals surface area contributed by atoms with Gasteiger partial charge in [0, 0.05) is 19.1 Å². The zero-order valence-electron chi connectivity index (χ0n) is 17.2. The summed E-state index contributed by atoms with van der Waals surface area (Å²) in [6.45, 7) is 9.29. The second kappa shape index (κ2) is 9.63. The number of aryl methyl sites for hydroxylation is 1. The van der Waals surface area contributed by atoms with Crippen LogP contribution in [0.1, 0.15) is 56.7 Å². The first-order chi connectivity index (χ1) is 13.6. The lowest BCUT2D eigenvalue weighted by Crippen LogP contribution is -2.46. The van der Waals surface area contributed by atoms with Gasteiger partial charge in [-0.3, -0.25) is 0 Å². The summed E-state index contributed by atoms with van der Waals surface area (Å²) in [6, 6.07) is 15.2. The molecule has 28 heavy (non-hydrogen) atoms. The SMILES string of the molecule is CC.CC(CCc1ccc(Cl)c(Cl)c1)N1CCC2(CC1)OCc1ccccc12. The minimum absolute atomic E-state index is 0.0451. The molecule has 2 nitrogen and oxygen atoms in total. The Kier molecular flexibility index (Phi) is 7.44. The van der Waals surface area contributed by atoms with E-state index in [1.165, 1.54) is 16.7 Å². The van der Waals surface area contributed by atoms with Crippen molar-refractivity contribution in [3.8, 4) is 0 Å². The molecule has 4 heteroatoms. The number of piperidine rings is 1. The van der Waals surface area contributed by atoms with Crippen molar-refractivity contribution in [3.63, 3.8) is 0 Å². The predicted octanol–water partition coefficient (Wildman–Crippen LogP) is 6.86. The standard InChI is InChI=1S/C22H25Cl2NO.C2H6/c1-16(6-7-17-8-9-20(23)21(24)14-17)25-12-10-22(11-13-25)19-5-3-2-4-18(19)15-26-22;1-2/h2-5,8-9,14,16H,6-7,10-13,15H2,1H3;1-2H3. The molecule has 4 rings (SSSR count). The molecule has 0 N–H and O–H groups in total. The Labute approximate surface area is 179 Å². The third kappa shape index (κ3) is 4.57. The highest BCUT2D eigenvalue weighted by molar-refractivity contribution is 6.42. The quantitative estimate of drug-likeness (QED) is 0.536. The number of benzene rings is 2. The van der Waals surface area contributed by atoms with Crippen molar-refractivity contribution in [1.29, 1.82) is 0 Å². The van der Waals surface area contributed by atoms with Gasteiger partial charge < -0.3 is 9.64 Å². The van der Waals surface area contributed by atoms with Gasteiger partial charge in [0.15, 0.2) is 0 Å². The normalized spacial score (nSPS) is 19.0. The fraction of sp³-hybridized carbons (Fsp3) is 0.500. The fourth-order valence-corrected chi connectivity index (χ4v) is 4.70. The van der Waals surface area contributed by atoms with Gasteiger partial charge >= 0.3 is 0 Å². The number of nitrogens with zero attached hydrogens (tertiary/aromatic N) is 1. The largest absolute Gasteiger partial charge is 0.365 e. The van der Waals surface area contributed by atoms with Crippen LogP contribution >= 0.6 is 23.2 Å². The Bertz CT molecular complexity index is 784. The van der Waals surface area contributed by atoms with E-state index in [4.69, 9.17) is 27.9 Å². The number of rotatable bonds is 4. The molecular formula is C24H31Cl2NO. The van der Waals surface area contributed by atoms with Crippen LogP contribution in [-0.4, -0.2) is 24.0 Å². The smallest absolute Gasteiger partial charge is 0.0963 e. The second-order valence-corrected chi connectivity index (χ2v) is 8.43. The molecule has 0 aromatic heterocycles. The highest BCUT2D eigenvalue weighted by Crippen LogP contribution is 2.44. The van der Waals surface area contributed by atoms with Crippen molar-refractivity contribution in [2.75, 3.05) is 13.1 Å². The molecule has 2 aliphatic heterocycles. The van der Waals surface area contributed by atoms with E-state index in [2.05, 4.69) is 42.2 Å². The van der Waals surface area contributed by atoms with Gasteiger partial charge in [-0.1, -0.05) is 67.4 Å². The van der Waals surface area contributed by atoms with Crippen LogP contribution in [0, 0.1) is 0 Å². The molecule has 1 spiro atoms. The molecule has 1 fully saturated rings. The first-order valence-electron chi connectivity index (χ1n) is 10.5. The third-order valence-corrected chi connectivity index (χ3v) is 6.82. The molecule has 0 bridgehead atoms. The van der Waals surface area contributed by atoms with Crippen LogP contribution in [0.3, 0.4) is 0 Å². The fourth-order valence-electron chi connectivity index (χ4n) is 4.38. The number of hydrogen-bond acceptors (Lipinski definition) is 2. The Balaban J connectivity index is 0.00000109. The van der Waals surface area contributed by atoms with Crippen molar-refractivity contribution < 1.29 is 4.74 Å². The van der Waals surface area contributed by atoms with E-state index in [0.29, 0.717) is 16.1 Å². The minimum atomic E-state index is -0.0451. The molecule has 0 aliphatic carbocycles. The lowest BCUT2D eigenvalue weighted by atomic mass is 9.83. The molecule has 1 atom stereocenters. The summed E-state index contributed by atoms with van der Waals surface area (Å²) in [4.78, 5) is 2.60. The molecule has 152 valence electrons. The number of likely N-dealkylation sites (tertiary alicyclic amines) is 1. The van der Waals surface area contributed by atoms with Gasteiger partial charge in [-0.25, -0.2) is 0 Å². The molecule has 1 saturated heterocycles. The second-order valence-electron chi connectivity index (χ2n) is 7.61.